The van der Waals surface area contributed by atoms with Crippen molar-refractivity contribution in [2.45, 2.75) is 58.0 Å². The van der Waals surface area contributed by atoms with Gasteiger partial charge in [-0.15, -0.1) is 0 Å². The summed E-state index contributed by atoms with van der Waals surface area (Å²) in [6, 6.07) is 6.54. The van der Waals surface area contributed by atoms with Crippen molar-refractivity contribution < 1.29 is 9.53 Å². The molecule has 1 saturated carbocycles. The zero-order chi connectivity index (χ0) is 14.2. The molecule has 2 heteroatoms. The van der Waals surface area contributed by atoms with Gasteiger partial charge < -0.3 is 4.74 Å². The summed E-state index contributed by atoms with van der Waals surface area (Å²) in [5.74, 6) is 0.403. The van der Waals surface area contributed by atoms with E-state index >= 15 is 0 Å². The molecule has 3 rings (SSSR count). The zero-order valence-corrected chi connectivity index (χ0v) is 12.6. The summed E-state index contributed by atoms with van der Waals surface area (Å²) < 4.78 is 5.45. The van der Waals surface area contributed by atoms with Gasteiger partial charge in [0, 0.05) is 18.1 Å². The van der Waals surface area contributed by atoms with Crippen molar-refractivity contribution >= 4 is 5.78 Å². The highest BCUT2D eigenvalue weighted by Gasteiger charge is 2.47. The quantitative estimate of drug-likeness (QED) is 0.832. The van der Waals surface area contributed by atoms with E-state index in [9.17, 15) is 4.79 Å². The van der Waals surface area contributed by atoms with Gasteiger partial charge in [-0.25, -0.2) is 0 Å². The van der Waals surface area contributed by atoms with Crippen LogP contribution in [0, 0.1) is 5.41 Å². The number of hydrogen-bond donors (Lipinski definition) is 0. The molecule has 0 radical (unpaired) electrons. The van der Waals surface area contributed by atoms with Crippen LogP contribution in [-0.2, 0) is 17.6 Å². The molecule has 108 valence electrons. The van der Waals surface area contributed by atoms with Gasteiger partial charge in [0.1, 0.15) is 0 Å². The van der Waals surface area contributed by atoms with E-state index in [4.69, 9.17) is 4.74 Å². The van der Waals surface area contributed by atoms with Gasteiger partial charge in [-0.05, 0) is 55.7 Å². The molecule has 1 aromatic rings. The second kappa shape index (κ2) is 5.33. The highest BCUT2D eigenvalue weighted by atomic mass is 16.5. The number of carbonyl (C=O) groups excluding carboxylic acids is 1. The van der Waals surface area contributed by atoms with E-state index in [0.717, 1.165) is 50.5 Å². The molecule has 2 aliphatic rings. The lowest BCUT2D eigenvalue weighted by Crippen LogP contribution is -2.35. The Morgan fingerprint density at radius 2 is 2.05 bits per heavy atom. The molecule has 0 unspecified atom stereocenters. The monoisotopic (exact) mass is 272 g/mol. The highest BCUT2D eigenvalue weighted by molar-refractivity contribution is 6.05. The minimum atomic E-state index is -0.109. The summed E-state index contributed by atoms with van der Waals surface area (Å²) in [4.78, 5) is 12.9. The van der Waals surface area contributed by atoms with Crippen molar-refractivity contribution in [3.05, 3.63) is 34.9 Å². The van der Waals surface area contributed by atoms with Crippen LogP contribution in [0.15, 0.2) is 18.2 Å². The summed E-state index contributed by atoms with van der Waals surface area (Å²) in [5.41, 5.74) is 3.47. The van der Waals surface area contributed by atoms with Gasteiger partial charge in [0.25, 0.3) is 0 Å². The van der Waals surface area contributed by atoms with Gasteiger partial charge in [-0.1, -0.05) is 25.5 Å². The van der Waals surface area contributed by atoms with Gasteiger partial charge in [-0.3, -0.25) is 4.79 Å². The molecule has 2 aliphatic carbocycles. The molecule has 20 heavy (non-hydrogen) atoms. The minimum absolute atomic E-state index is 0.109. The van der Waals surface area contributed by atoms with E-state index in [1.54, 1.807) is 7.11 Å². The van der Waals surface area contributed by atoms with Gasteiger partial charge >= 0.3 is 0 Å². The first-order chi connectivity index (χ1) is 9.68. The first-order valence-corrected chi connectivity index (χ1v) is 7.88. The largest absolute Gasteiger partial charge is 0.381 e. The number of carbonyl (C=O) groups is 1. The van der Waals surface area contributed by atoms with E-state index < -0.39 is 0 Å². The van der Waals surface area contributed by atoms with Crippen LogP contribution >= 0.6 is 0 Å². The van der Waals surface area contributed by atoms with Crippen LogP contribution in [0.5, 0.6) is 0 Å². The number of aryl methyl sites for hydroxylation is 1. The van der Waals surface area contributed by atoms with E-state index in [1.807, 2.05) is 0 Å². The van der Waals surface area contributed by atoms with Crippen molar-refractivity contribution in [3.63, 3.8) is 0 Å². The van der Waals surface area contributed by atoms with Gasteiger partial charge in [0.15, 0.2) is 5.78 Å². The number of Topliss-reactive ketones (excluding diaryl/α,β-unsaturated/α-hetero) is 1. The topological polar surface area (TPSA) is 26.3 Å². The summed E-state index contributed by atoms with van der Waals surface area (Å²) >= 11 is 0. The summed E-state index contributed by atoms with van der Waals surface area (Å²) in [7, 11) is 1.78. The number of ketones is 1. The molecule has 0 aromatic heterocycles. The summed E-state index contributed by atoms with van der Waals surface area (Å²) in [6.45, 7) is 2.18. The molecule has 2 nitrogen and oxygen atoms in total. The average molecular weight is 272 g/mol. The fraction of sp³-hybridized carbons (Fsp3) is 0.611. The first kappa shape index (κ1) is 13.8. The number of methoxy groups -OCH3 is 1. The fourth-order valence-corrected chi connectivity index (χ4v) is 3.95. The molecule has 1 fully saturated rings. The lowest BCUT2D eigenvalue weighted by atomic mass is 9.70. The predicted octanol–water partition coefficient (Wildman–Crippen LogP) is 3.95. The first-order valence-electron chi connectivity index (χ1n) is 7.88. The standard InChI is InChI=1S/C18H24O2/c1-3-4-13-5-6-14-12-18(17(19)16(14)11-13)9-7-15(20-2)8-10-18/h5-6,11,15H,3-4,7-10,12H2,1-2H3/t15-,18-. The van der Waals surface area contributed by atoms with Crippen LogP contribution in [0.2, 0.25) is 0 Å². The molecule has 0 atom stereocenters. The number of benzene rings is 1. The Labute approximate surface area is 121 Å². The number of fused-ring (bicyclic) bond motifs is 1. The fourth-order valence-electron chi connectivity index (χ4n) is 3.95. The van der Waals surface area contributed by atoms with Crippen LogP contribution in [0.3, 0.4) is 0 Å². The second-order valence-corrected chi connectivity index (χ2v) is 6.46. The lowest BCUT2D eigenvalue weighted by molar-refractivity contribution is 0.0285. The van der Waals surface area contributed by atoms with Crippen LogP contribution in [0.1, 0.15) is 60.5 Å². The molecule has 0 N–H and O–H groups in total. The molecule has 1 spiro atoms. The molecular formula is C18H24O2. The summed E-state index contributed by atoms with van der Waals surface area (Å²) in [6.07, 6.45) is 7.53. The highest BCUT2D eigenvalue weighted by Crippen LogP contribution is 2.47. The Hall–Kier alpha value is -1.15. The third-order valence-electron chi connectivity index (χ3n) is 5.19. The maximum Gasteiger partial charge on any atom is 0.169 e. The van der Waals surface area contributed by atoms with Crippen LogP contribution < -0.4 is 0 Å². The van der Waals surface area contributed by atoms with E-state index in [0.29, 0.717) is 11.9 Å². The van der Waals surface area contributed by atoms with Crippen molar-refractivity contribution in [1.82, 2.24) is 0 Å². The van der Waals surface area contributed by atoms with Crippen LogP contribution in [0.4, 0.5) is 0 Å². The van der Waals surface area contributed by atoms with Crippen molar-refractivity contribution in [2.75, 3.05) is 7.11 Å². The van der Waals surface area contributed by atoms with E-state index in [2.05, 4.69) is 25.1 Å². The van der Waals surface area contributed by atoms with Gasteiger partial charge in [0.2, 0.25) is 0 Å². The molecule has 1 aromatic carbocycles. The maximum absolute atomic E-state index is 12.9. The summed E-state index contributed by atoms with van der Waals surface area (Å²) in [5, 5.41) is 0. The average Bonchev–Trinajstić information content (AvgIpc) is 2.74. The van der Waals surface area contributed by atoms with Crippen LogP contribution in [0.25, 0.3) is 0 Å². The molecule has 0 aliphatic heterocycles. The second-order valence-electron chi connectivity index (χ2n) is 6.46. The third-order valence-corrected chi connectivity index (χ3v) is 5.19. The Morgan fingerprint density at radius 3 is 2.70 bits per heavy atom. The molecular weight excluding hydrogens is 248 g/mol. The van der Waals surface area contributed by atoms with E-state index in [1.165, 1.54) is 11.1 Å². The Bertz CT molecular complexity index is 510. The smallest absolute Gasteiger partial charge is 0.169 e. The Morgan fingerprint density at radius 1 is 1.30 bits per heavy atom. The number of hydrogen-bond acceptors (Lipinski definition) is 2. The molecule has 0 bridgehead atoms. The van der Waals surface area contributed by atoms with Crippen molar-refractivity contribution in [3.8, 4) is 0 Å². The van der Waals surface area contributed by atoms with Crippen molar-refractivity contribution in [2.24, 2.45) is 5.41 Å². The Kier molecular flexibility index (Phi) is 3.68. The molecule has 0 heterocycles. The van der Waals surface area contributed by atoms with Crippen LogP contribution in [-0.4, -0.2) is 19.0 Å². The minimum Gasteiger partial charge on any atom is -0.381 e. The molecule has 0 saturated heterocycles. The third kappa shape index (κ3) is 2.20. The maximum atomic E-state index is 12.9. The number of ether oxygens (including phenoxy) is 1. The zero-order valence-electron chi connectivity index (χ0n) is 12.6. The number of rotatable bonds is 3. The van der Waals surface area contributed by atoms with Gasteiger partial charge in [0.05, 0.1) is 6.10 Å². The SMILES string of the molecule is CCCc1ccc2c(c1)C(=O)[C@]1(CC[C@H](OC)CC1)C2. The predicted molar refractivity (Wildman–Crippen MR) is 80.2 cm³/mol. The lowest BCUT2D eigenvalue weighted by Gasteiger charge is -2.35. The van der Waals surface area contributed by atoms with E-state index in [-0.39, 0.29) is 5.41 Å². The van der Waals surface area contributed by atoms with Crippen molar-refractivity contribution in [1.29, 1.82) is 0 Å². The molecule has 0 amide bonds. The van der Waals surface area contributed by atoms with Gasteiger partial charge in [-0.2, -0.15) is 0 Å². The Balaban J connectivity index is 1.84. The normalized spacial score (nSPS) is 28.9.